The molecule has 0 radical (unpaired) electrons. The van der Waals surface area contributed by atoms with Gasteiger partial charge in [-0.05, 0) is 83.4 Å². The molecule has 0 aliphatic heterocycles. The fourth-order valence-electron chi connectivity index (χ4n) is 7.19. The van der Waals surface area contributed by atoms with Gasteiger partial charge in [-0.25, -0.2) is 0 Å². The topological polar surface area (TPSA) is 29.5 Å². The van der Waals surface area contributed by atoms with Gasteiger partial charge in [-0.15, -0.1) is 0 Å². The molecular formula is C22H32O2. The van der Waals surface area contributed by atoms with Gasteiger partial charge in [0.15, 0.2) is 0 Å². The molecule has 2 heteroatoms. The molecule has 5 atom stereocenters. The van der Waals surface area contributed by atoms with E-state index in [-0.39, 0.29) is 16.2 Å². The SMILES string of the molecule is CO[C@H]1CC[C@@]2(C)[C@]3(C)CCc4cc(O)ccc4[C@@]3(C)CC[C@]12C. The number of aromatic hydroxyl groups is 1. The fraction of sp³-hybridized carbons (Fsp3) is 0.727. The number of aryl methyl sites for hydroxylation is 1. The van der Waals surface area contributed by atoms with Gasteiger partial charge in [0.05, 0.1) is 6.10 Å². The number of phenolic OH excluding ortho intramolecular Hbond substituents is 1. The van der Waals surface area contributed by atoms with Crippen molar-refractivity contribution in [3.63, 3.8) is 0 Å². The predicted octanol–water partition coefficient (Wildman–Crippen LogP) is 5.22. The van der Waals surface area contributed by atoms with Gasteiger partial charge in [0.25, 0.3) is 0 Å². The average Bonchev–Trinajstić information content (AvgIpc) is 2.82. The van der Waals surface area contributed by atoms with Crippen molar-refractivity contribution in [3.8, 4) is 5.75 Å². The van der Waals surface area contributed by atoms with Gasteiger partial charge in [-0.3, -0.25) is 0 Å². The van der Waals surface area contributed by atoms with Crippen LogP contribution in [0.3, 0.4) is 0 Å². The van der Waals surface area contributed by atoms with Crippen molar-refractivity contribution in [3.05, 3.63) is 29.3 Å². The highest BCUT2D eigenvalue weighted by atomic mass is 16.5. The summed E-state index contributed by atoms with van der Waals surface area (Å²) in [6.07, 6.45) is 7.59. The molecule has 0 saturated heterocycles. The molecule has 2 saturated carbocycles. The molecule has 0 unspecified atom stereocenters. The van der Waals surface area contributed by atoms with Crippen LogP contribution in [0.1, 0.15) is 70.9 Å². The molecule has 0 bridgehead atoms. The van der Waals surface area contributed by atoms with E-state index in [4.69, 9.17) is 4.74 Å². The quantitative estimate of drug-likeness (QED) is 0.766. The Balaban J connectivity index is 1.88. The van der Waals surface area contributed by atoms with Crippen LogP contribution < -0.4 is 0 Å². The molecule has 1 N–H and O–H groups in total. The Bertz CT molecular complexity index is 683. The summed E-state index contributed by atoms with van der Waals surface area (Å²) in [6, 6.07) is 6.10. The molecule has 3 aliphatic rings. The first-order valence-corrected chi connectivity index (χ1v) is 9.57. The first-order valence-electron chi connectivity index (χ1n) is 9.57. The summed E-state index contributed by atoms with van der Waals surface area (Å²) >= 11 is 0. The monoisotopic (exact) mass is 328 g/mol. The van der Waals surface area contributed by atoms with Crippen molar-refractivity contribution in [1.82, 2.24) is 0 Å². The van der Waals surface area contributed by atoms with Gasteiger partial charge < -0.3 is 9.84 Å². The van der Waals surface area contributed by atoms with Crippen LogP contribution in [0.25, 0.3) is 0 Å². The largest absolute Gasteiger partial charge is 0.508 e. The molecule has 2 nitrogen and oxygen atoms in total. The molecule has 0 spiro atoms. The third-order valence-corrected chi connectivity index (χ3v) is 9.32. The van der Waals surface area contributed by atoms with Gasteiger partial charge in [-0.2, -0.15) is 0 Å². The molecular weight excluding hydrogens is 296 g/mol. The number of fused-ring (bicyclic) bond motifs is 5. The Morgan fingerprint density at radius 3 is 2.46 bits per heavy atom. The number of ether oxygens (including phenoxy) is 1. The first-order chi connectivity index (χ1) is 11.2. The lowest BCUT2D eigenvalue weighted by molar-refractivity contribution is -0.168. The van der Waals surface area contributed by atoms with E-state index < -0.39 is 0 Å². The van der Waals surface area contributed by atoms with Crippen molar-refractivity contribution < 1.29 is 9.84 Å². The third-order valence-electron chi connectivity index (χ3n) is 9.32. The zero-order chi connectivity index (χ0) is 17.4. The maximum atomic E-state index is 9.92. The van der Waals surface area contributed by atoms with Crippen LogP contribution in [0.5, 0.6) is 5.75 Å². The summed E-state index contributed by atoms with van der Waals surface area (Å²) in [7, 11) is 1.90. The van der Waals surface area contributed by atoms with Crippen LogP contribution in [-0.2, 0) is 16.6 Å². The van der Waals surface area contributed by atoms with Crippen LogP contribution in [0, 0.1) is 16.2 Å². The molecule has 0 aromatic heterocycles. The Morgan fingerprint density at radius 2 is 1.75 bits per heavy atom. The van der Waals surface area contributed by atoms with Crippen LogP contribution in [0.4, 0.5) is 0 Å². The Hall–Kier alpha value is -1.02. The fourth-order valence-corrected chi connectivity index (χ4v) is 7.19. The number of hydrogen-bond acceptors (Lipinski definition) is 2. The summed E-state index contributed by atoms with van der Waals surface area (Å²) in [5.41, 5.74) is 3.87. The summed E-state index contributed by atoms with van der Waals surface area (Å²) in [4.78, 5) is 0. The number of methoxy groups -OCH3 is 1. The standard InChI is InChI=1S/C22H32O2/c1-19-12-13-20(2)18(24-5)9-11-22(20,4)21(19,3)10-8-15-14-16(23)6-7-17(15)19/h6-7,14,18,23H,8-13H2,1-5H3/t18-,19+,20+,21+,22+/m0/s1. The second kappa shape index (κ2) is 4.78. The average molecular weight is 328 g/mol. The highest BCUT2D eigenvalue weighted by Gasteiger charge is 2.70. The number of rotatable bonds is 1. The maximum absolute atomic E-state index is 9.92. The summed E-state index contributed by atoms with van der Waals surface area (Å²) in [6.45, 7) is 10.1. The lowest BCUT2D eigenvalue weighted by Crippen LogP contribution is -2.63. The van der Waals surface area contributed by atoms with E-state index in [1.54, 1.807) is 0 Å². The van der Waals surface area contributed by atoms with Gasteiger partial charge in [0.2, 0.25) is 0 Å². The molecule has 1 aromatic rings. The van der Waals surface area contributed by atoms with E-state index in [0.717, 1.165) is 6.42 Å². The summed E-state index contributed by atoms with van der Waals surface area (Å²) in [5, 5.41) is 9.92. The Kier molecular flexibility index (Phi) is 3.28. The summed E-state index contributed by atoms with van der Waals surface area (Å²) < 4.78 is 5.96. The summed E-state index contributed by atoms with van der Waals surface area (Å²) in [5.74, 6) is 0.410. The molecule has 3 aliphatic carbocycles. The van der Waals surface area contributed by atoms with E-state index in [1.807, 2.05) is 19.2 Å². The van der Waals surface area contributed by atoms with Crippen molar-refractivity contribution in [2.45, 2.75) is 77.7 Å². The number of benzene rings is 1. The highest BCUT2D eigenvalue weighted by Crippen LogP contribution is 2.75. The Labute approximate surface area is 146 Å². The van der Waals surface area contributed by atoms with Gasteiger partial charge in [0, 0.05) is 7.11 Å². The lowest BCUT2D eigenvalue weighted by Gasteiger charge is -2.68. The normalized spacial score (nSPS) is 47.0. The second-order valence-electron chi connectivity index (χ2n) is 9.52. The van der Waals surface area contributed by atoms with Crippen LogP contribution >= 0.6 is 0 Å². The minimum absolute atomic E-state index is 0.186. The van der Waals surface area contributed by atoms with Crippen LogP contribution in [0.2, 0.25) is 0 Å². The van der Waals surface area contributed by atoms with Crippen molar-refractivity contribution >= 4 is 0 Å². The van der Waals surface area contributed by atoms with E-state index in [1.165, 1.54) is 43.2 Å². The molecule has 24 heavy (non-hydrogen) atoms. The highest BCUT2D eigenvalue weighted by molar-refractivity contribution is 5.45. The molecule has 0 heterocycles. The Morgan fingerprint density at radius 1 is 1.00 bits per heavy atom. The van der Waals surface area contributed by atoms with Crippen LogP contribution in [-0.4, -0.2) is 18.3 Å². The van der Waals surface area contributed by atoms with Crippen molar-refractivity contribution in [2.24, 2.45) is 16.2 Å². The van der Waals surface area contributed by atoms with Crippen molar-refractivity contribution in [2.75, 3.05) is 7.11 Å². The lowest BCUT2D eigenvalue weighted by atomic mass is 9.36. The van der Waals surface area contributed by atoms with E-state index in [2.05, 4.69) is 33.8 Å². The predicted molar refractivity (Wildman–Crippen MR) is 97.4 cm³/mol. The minimum atomic E-state index is 0.186. The molecule has 132 valence electrons. The van der Waals surface area contributed by atoms with Crippen molar-refractivity contribution in [1.29, 1.82) is 0 Å². The molecule has 1 aromatic carbocycles. The third kappa shape index (κ3) is 1.62. The van der Waals surface area contributed by atoms with Gasteiger partial charge in [0.1, 0.15) is 5.75 Å². The van der Waals surface area contributed by atoms with Gasteiger partial charge >= 0.3 is 0 Å². The molecule has 2 fully saturated rings. The van der Waals surface area contributed by atoms with E-state index in [9.17, 15) is 5.11 Å². The second-order valence-corrected chi connectivity index (χ2v) is 9.52. The maximum Gasteiger partial charge on any atom is 0.115 e. The molecule has 4 rings (SSSR count). The van der Waals surface area contributed by atoms with E-state index >= 15 is 0 Å². The van der Waals surface area contributed by atoms with Crippen LogP contribution in [0.15, 0.2) is 18.2 Å². The van der Waals surface area contributed by atoms with Gasteiger partial charge in [-0.1, -0.05) is 33.8 Å². The first kappa shape index (κ1) is 16.4. The smallest absolute Gasteiger partial charge is 0.115 e. The number of phenols is 1. The zero-order valence-electron chi connectivity index (χ0n) is 15.9. The number of hydrogen-bond donors (Lipinski definition) is 1. The minimum Gasteiger partial charge on any atom is -0.508 e. The van der Waals surface area contributed by atoms with E-state index in [0.29, 0.717) is 17.3 Å². The molecule has 0 amide bonds. The zero-order valence-corrected chi connectivity index (χ0v) is 15.9.